The van der Waals surface area contributed by atoms with Crippen LogP contribution in [-0.2, 0) is 25.5 Å². The van der Waals surface area contributed by atoms with E-state index >= 15 is 0 Å². The van der Waals surface area contributed by atoms with Crippen LogP contribution in [0.5, 0.6) is 0 Å². The predicted molar refractivity (Wildman–Crippen MR) is 160 cm³/mol. The number of carbonyl (C=O) groups is 3. The van der Waals surface area contributed by atoms with Gasteiger partial charge in [-0.05, 0) is 55.5 Å². The zero-order chi connectivity index (χ0) is 28.6. The van der Waals surface area contributed by atoms with E-state index in [1.54, 1.807) is 34.1 Å². The molecule has 4 aliphatic heterocycles. The number of likely N-dealkylation sites (tertiary alicyclic amines) is 1. The maximum absolute atomic E-state index is 14.6. The highest BCUT2D eigenvalue weighted by atomic mass is 35.5. The van der Waals surface area contributed by atoms with Crippen molar-refractivity contribution in [3.05, 3.63) is 89.5 Å². The van der Waals surface area contributed by atoms with Crippen LogP contribution in [0.1, 0.15) is 24.8 Å². The van der Waals surface area contributed by atoms with Crippen LogP contribution in [0.3, 0.4) is 0 Å². The molecule has 6 atom stereocenters. The van der Waals surface area contributed by atoms with E-state index in [0.717, 1.165) is 24.8 Å². The van der Waals surface area contributed by atoms with Crippen molar-refractivity contribution in [1.82, 2.24) is 4.90 Å². The van der Waals surface area contributed by atoms with Crippen LogP contribution in [0, 0.1) is 11.8 Å². The Morgan fingerprint density at radius 1 is 1.02 bits per heavy atom. The van der Waals surface area contributed by atoms with Gasteiger partial charge in [-0.1, -0.05) is 66.2 Å². The molecule has 0 saturated carbocycles. The van der Waals surface area contributed by atoms with Gasteiger partial charge in [-0.2, -0.15) is 0 Å². The topological polar surface area (TPSA) is 87.2 Å². The van der Waals surface area contributed by atoms with Crippen LogP contribution in [0.4, 0.5) is 5.69 Å². The van der Waals surface area contributed by atoms with E-state index < -0.39 is 34.6 Å². The number of fused-ring (bicyclic) bond motifs is 2. The monoisotopic (exact) mass is 592 g/mol. The lowest BCUT2D eigenvalue weighted by molar-refractivity contribution is -0.153. The van der Waals surface area contributed by atoms with Gasteiger partial charge in [0.05, 0.1) is 35.8 Å². The van der Waals surface area contributed by atoms with E-state index in [1.165, 1.54) is 11.8 Å². The second kappa shape index (κ2) is 11.7. The fourth-order valence-corrected chi connectivity index (χ4v) is 8.85. The summed E-state index contributed by atoms with van der Waals surface area (Å²) in [4.78, 5) is 46.0. The van der Waals surface area contributed by atoms with Crippen molar-refractivity contribution in [3.8, 4) is 0 Å². The number of thioether (sulfide) groups is 1. The van der Waals surface area contributed by atoms with Crippen LogP contribution >= 0.6 is 23.4 Å². The maximum Gasteiger partial charge on any atom is 0.311 e. The number of ether oxygens (including phenoxy) is 1. The first-order chi connectivity index (χ1) is 19.9. The summed E-state index contributed by atoms with van der Waals surface area (Å²) in [6, 6.07) is 15.1. The molecule has 9 heteroatoms. The number of carbonyl (C=O) groups excluding carboxylic acids is 3. The summed E-state index contributed by atoms with van der Waals surface area (Å²) in [5.74, 6) is -2.45. The second-order valence-electron chi connectivity index (χ2n) is 11.0. The molecule has 2 amide bonds. The molecule has 41 heavy (non-hydrogen) atoms. The van der Waals surface area contributed by atoms with Gasteiger partial charge in [-0.25, -0.2) is 0 Å². The summed E-state index contributed by atoms with van der Waals surface area (Å²) in [5, 5.41) is 10.9. The van der Waals surface area contributed by atoms with Crippen LogP contribution in [0.15, 0.2) is 78.9 Å². The minimum atomic E-state index is -0.994. The van der Waals surface area contributed by atoms with Crippen LogP contribution in [0.2, 0.25) is 5.02 Å². The first kappa shape index (κ1) is 28.1. The summed E-state index contributed by atoms with van der Waals surface area (Å²) in [7, 11) is 0. The molecule has 4 heterocycles. The van der Waals surface area contributed by atoms with Gasteiger partial charge in [0.1, 0.15) is 6.04 Å². The lowest BCUT2D eigenvalue weighted by Crippen LogP contribution is -2.57. The number of hydrogen-bond donors (Lipinski definition) is 1. The Bertz CT molecular complexity index is 1370. The van der Waals surface area contributed by atoms with Gasteiger partial charge in [0, 0.05) is 22.5 Å². The van der Waals surface area contributed by atoms with Gasteiger partial charge in [0.25, 0.3) is 5.91 Å². The summed E-state index contributed by atoms with van der Waals surface area (Å²) < 4.78 is 4.71. The minimum absolute atomic E-state index is 0.242. The molecule has 0 aromatic heterocycles. The summed E-state index contributed by atoms with van der Waals surface area (Å²) in [6.45, 7) is 0.307. The number of halogens is 1. The molecule has 1 unspecified atom stereocenters. The number of allylic oxidation sites excluding steroid dienone is 1. The quantitative estimate of drug-likeness (QED) is 0.408. The summed E-state index contributed by atoms with van der Waals surface area (Å²) >= 11 is 7.65. The number of benzene rings is 2. The number of amides is 2. The van der Waals surface area contributed by atoms with Gasteiger partial charge in [-0.15, -0.1) is 11.8 Å². The Balaban J connectivity index is 1.47. The molecule has 2 aromatic rings. The number of nitrogens with zero attached hydrogens (tertiary/aromatic N) is 2. The molecule has 0 bridgehead atoms. The highest BCUT2D eigenvalue weighted by Gasteiger charge is 2.71. The number of anilines is 1. The number of aliphatic hydroxyl groups is 1. The molecule has 2 fully saturated rings. The van der Waals surface area contributed by atoms with E-state index in [0.29, 0.717) is 30.3 Å². The van der Waals surface area contributed by atoms with Crippen molar-refractivity contribution >= 4 is 46.8 Å². The van der Waals surface area contributed by atoms with Crippen molar-refractivity contribution in [2.45, 2.75) is 47.8 Å². The Kier molecular flexibility index (Phi) is 7.99. The largest absolute Gasteiger partial charge is 0.465 e. The Morgan fingerprint density at radius 3 is 2.56 bits per heavy atom. The summed E-state index contributed by atoms with van der Waals surface area (Å²) in [5.41, 5.74) is 1.62. The molecular formula is C32H33ClN2O5S. The van der Waals surface area contributed by atoms with Crippen LogP contribution in [0.25, 0.3) is 0 Å². The van der Waals surface area contributed by atoms with Gasteiger partial charge >= 0.3 is 5.97 Å². The first-order valence-corrected chi connectivity index (χ1v) is 15.4. The molecule has 214 valence electrons. The van der Waals surface area contributed by atoms with E-state index in [1.807, 2.05) is 48.6 Å². The van der Waals surface area contributed by atoms with Gasteiger partial charge in [0.15, 0.2) is 0 Å². The Morgan fingerprint density at radius 2 is 1.80 bits per heavy atom. The van der Waals surface area contributed by atoms with E-state index in [4.69, 9.17) is 16.3 Å². The number of aliphatic hydroxyl groups excluding tert-OH is 1. The molecule has 2 saturated heterocycles. The highest BCUT2D eigenvalue weighted by molar-refractivity contribution is 8.02. The number of rotatable bonds is 5. The average molecular weight is 593 g/mol. The maximum atomic E-state index is 14.6. The molecule has 2 aromatic carbocycles. The molecule has 7 nitrogen and oxygen atoms in total. The zero-order valence-corrected chi connectivity index (χ0v) is 24.2. The third kappa shape index (κ3) is 5.00. The fourth-order valence-electron chi connectivity index (χ4n) is 6.74. The van der Waals surface area contributed by atoms with Crippen LogP contribution < -0.4 is 4.90 Å². The smallest absolute Gasteiger partial charge is 0.311 e. The number of cyclic esters (lactones) is 1. The normalized spacial score (nSPS) is 31.1. The summed E-state index contributed by atoms with van der Waals surface area (Å²) in [6.07, 6.45) is 10.9. The number of esters is 1. The standard InChI is InChI=1S/C32H33ClN2O5S/c33-22-12-14-23(15-13-22)34-17-8-16-32-27(26-25(41-32)11-6-1-2-7-18-40-31(26)39)29(37)35(28(32)30(34)38)24(20-36)19-21-9-4-3-5-10-21/h3-6,8-16,24-28,36H,1-2,7,17-20H2/b11-6-/t24-,25+,26-,27+,28?,32+/m1/s1. The number of hydrogen-bond acceptors (Lipinski definition) is 6. The SMILES string of the molecule is O=C1OCCCC/C=C\[C@@H]2S[C@]34C=CCN(c5ccc(Cl)cc5)C(=O)C3N([C@@H](CO)Cc3ccccc3)C(=O)[C@@H]4[C@H]12. The third-order valence-electron chi connectivity index (χ3n) is 8.60. The second-order valence-corrected chi connectivity index (χ2v) is 13.0. The Labute approximate surface area is 249 Å². The van der Waals surface area contributed by atoms with Crippen molar-refractivity contribution in [1.29, 1.82) is 0 Å². The third-order valence-corrected chi connectivity index (χ3v) is 10.6. The molecule has 4 aliphatic rings. The van der Waals surface area contributed by atoms with E-state index in [2.05, 4.69) is 6.08 Å². The lowest BCUT2D eigenvalue weighted by atomic mass is 9.78. The minimum Gasteiger partial charge on any atom is -0.465 e. The molecule has 0 aliphatic carbocycles. The predicted octanol–water partition coefficient (Wildman–Crippen LogP) is 4.43. The fraction of sp³-hybridized carbons (Fsp3) is 0.406. The highest BCUT2D eigenvalue weighted by Crippen LogP contribution is 2.61. The van der Waals surface area contributed by atoms with Gasteiger partial charge < -0.3 is 19.6 Å². The van der Waals surface area contributed by atoms with Crippen LogP contribution in [-0.4, -0.2) is 69.6 Å². The molecular weight excluding hydrogens is 560 g/mol. The average Bonchev–Trinajstić information content (AvgIpc) is 3.37. The molecule has 6 rings (SSSR count). The van der Waals surface area contributed by atoms with Crippen molar-refractivity contribution in [2.75, 3.05) is 24.7 Å². The van der Waals surface area contributed by atoms with E-state index in [-0.39, 0.29) is 23.7 Å². The first-order valence-electron chi connectivity index (χ1n) is 14.2. The van der Waals surface area contributed by atoms with Gasteiger partial charge in [-0.3, -0.25) is 14.4 Å². The van der Waals surface area contributed by atoms with Crippen molar-refractivity contribution in [3.63, 3.8) is 0 Å². The van der Waals surface area contributed by atoms with Crippen molar-refractivity contribution < 1.29 is 24.2 Å². The molecule has 1 spiro atoms. The van der Waals surface area contributed by atoms with E-state index in [9.17, 15) is 19.5 Å². The van der Waals surface area contributed by atoms with Crippen molar-refractivity contribution in [2.24, 2.45) is 11.8 Å². The van der Waals surface area contributed by atoms with Gasteiger partial charge in [0.2, 0.25) is 5.91 Å². The zero-order valence-electron chi connectivity index (χ0n) is 22.6. The molecule has 1 N–H and O–H groups in total. The molecule has 0 radical (unpaired) electrons. The lowest BCUT2D eigenvalue weighted by Gasteiger charge is -2.38. The Hall–Kier alpha value is -3.07.